The molecule has 0 aromatic carbocycles. The Labute approximate surface area is 181 Å². The van der Waals surface area contributed by atoms with Crippen LogP contribution < -0.4 is 0 Å². The molecule has 4 saturated carbocycles. The minimum Gasteiger partial charge on any atom is -0.0988 e. The standard InChI is InChI=1S/C29H46/c1-7-22(20(2)3)12-11-21(4)25-15-16-26-24-14-13-23-10-8-9-18-28(23,5)27(24)17-19-29(25,26)6/h7,11-12,20,23-27H,1,8-10,13-19H2,2-6H3/t23?,24-,25+,26-,27-,28-,29+/m0/s1. The van der Waals surface area contributed by atoms with E-state index in [9.17, 15) is 0 Å². The Morgan fingerprint density at radius 2 is 1.62 bits per heavy atom. The summed E-state index contributed by atoms with van der Waals surface area (Å²) in [6.07, 6.45) is 21.8. The van der Waals surface area contributed by atoms with Crippen molar-refractivity contribution in [1.82, 2.24) is 0 Å². The molecule has 29 heavy (non-hydrogen) atoms. The van der Waals surface area contributed by atoms with E-state index in [-0.39, 0.29) is 0 Å². The molecular formula is C29H46. The lowest BCUT2D eigenvalue weighted by Crippen LogP contribution is -2.52. The van der Waals surface area contributed by atoms with E-state index in [2.05, 4.69) is 53.3 Å². The Bertz CT molecular complexity index is 678. The van der Waals surface area contributed by atoms with Crippen LogP contribution >= 0.6 is 0 Å². The molecule has 162 valence electrons. The third-order valence-corrected chi connectivity index (χ3v) is 10.6. The molecule has 0 heteroatoms. The Kier molecular flexibility index (Phi) is 5.95. The number of rotatable bonds is 4. The molecule has 0 saturated heterocycles. The van der Waals surface area contributed by atoms with Crippen LogP contribution in [0, 0.1) is 46.3 Å². The summed E-state index contributed by atoms with van der Waals surface area (Å²) in [4.78, 5) is 0. The van der Waals surface area contributed by atoms with Gasteiger partial charge >= 0.3 is 0 Å². The second-order valence-electron chi connectivity index (χ2n) is 12.0. The SMILES string of the molecule is C=CC(=CC=C(C)[C@H]1CC[C@H]2[C@@H]3CCC4CCCC[C@]4(C)[C@H]3CC[C@]12C)C(C)C. The lowest BCUT2D eigenvalue weighted by molar-refractivity contribution is -0.108. The van der Waals surface area contributed by atoms with Crippen LogP contribution in [0.1, 0.15) is 98.8 Å². The molecule has 0 spiro atoms. The van der Waals surface area contributed by atoms with E-state index in [4.69, 9.17) is 0 Å². The van der Waals surface area contributed by atoms with Gasteiger partial charge in [0, 0.05) is 0 Å². The predicted octanol–water partition coefficient (Wildman–Crippen LogP) is 8.75. The Morgan fingerprint density at radius 3 is 2.34 bits per heavy atom. The summed E-state index contributed by atoms with van der Waals surface area (Å²) in [6.45, 7) is 16.4. The Morgan fingerprint density at radius 1 is 0.862 bits per heavy atom. The maximum Gasteiger partial charge on any atom is -0.0146 e. The molecule has 7 atom stereocenters. The highest BCUT2D eigenvalue weighted by Gasteiger charge is 2.59. The van der Waals surface area contributed by atoms with Gasteiger partial charge in [0.25, 0.3) is 0 Å². The zero-order chi connectivity index (χ0) is 20.8. The average molecular weight is 395 g/mol. The van der Waals surface area contributed by atoms with Crippen molar-refractivity contribution in [2.24, 2.45) is 46.3 Å². The number of fused-ring (bicyclic) bond motifs is 5. The topological polar surface area (TPSA) is 0 Å². The first-order valence-corrected chi connectivity index (χ1v) is 12.8. The number of allylic oxidation sites excluding steroid dienone is 5. The molecule has 0 aliphatic heterocycles. The van der Waals surface area contributed by atoms with Gasteiger partial charge in [0.15, 0.2) is 0 Å². The van der Waals surface area contributed by atoms with Crippen molar-refractivity contribution in [3.63, 3.8) is 0 Å². The van der Waals surface area contributed by atoms with E-state index >= 15 is 0 Å². The summed E-state index contributed by atoms with van der Waals surface area (Å²) in [5.74, 6) is 5.41. The van der Waals surface area contributed by atoms with Gasteiger partial charge in [-0.15, -0.1) is 0 Å². The minimum absolute atomic E-state index is 0.541. The fourth-order valence-corrected chi connectivity index (χ4v) is 8.88. The fraction of sp³-hybridized carbons (Fsp3) is 0.793. The molecule has 0 amide bonds. The molecule has 4 fully saturated rings. The summed E-state index contributed by atoms with van der Waals surface area (Å²) >= 11 is 0. The van der Waals surface area contributed by atoms with Crippen LogP contribution in [0.2, 0.25) is 0 Å². The van der Waals surface area contributed by atoms with Crippen molar-refractivity contribution in [2.45, 2.75) is 98.8 Å². The molecule has 0 heterocycles. The van der Waals surface area contributed by atoms with Gasteiger partial charge in [0.05, 0.1) is 0 Å². The fourth-order valence-electron chi connectivity index (χ4n) is 8.88. The number of hydrogen-bond acceptors (Lipinski definition) is 0. The first-order valence-electron chi connectivity index (χ1n) is 12.8. The van der Waals surface area contributed by atoms with Gasteiger partial charge in [-0.3, -0.25) is 0 Å². The van der Waals surface area contributed by atoms with Crippen LogP contribution in [0.25, 0.3) is 0 Å². The smallest absolute Gasteiger partial charge is 0.0146 e. The molecule has 4 aliphatic rings. The maximum absolute atomic E-state index is 4.02. The third kappa shape index (κ3) is 3.51. The van der Waals surface area contributed by atoms with E-state index in [0.29, 0.717) is 16.7 Å². The van der Waals surface area contributed by atoms with Crippen molar-refractivity contribution in [1.29, 1.82) is 0 Å². The van der Waals surface area contributed by atoms with Crippen molar-refractivity contribution < 1.29 is 0 Å². The molecule has 0 bridgehead atoms. The zero-order valence-corrected chi connectivity index (χ0v) is 20.0. The molecule has 1 unspecified atom stereocenters. The van der Waals surface area contributed by atoms with E-state index in [1.54, 1.807) is 5.57 Å². The van der Waals surface area contributed by atoms with Crippen LogP contribution in [-0.4, -0.2) is 0 Å². The summed E-state index contributed by atoms with van der Waals surface area (Å²) < 4.78 is 0. The summed E-state index contributed by atoms with van der Waals surface area (Å²) in [5, 5.41) is 0. The summed E-state index contributed by atoms with van der Waals surface area (Å²) in [7, 11) is 0. The Hall–Kier alpha value is -0.780. The minimum atomic E-state index is 0.541. The summed E-state index contributed by atoms with van der Waals surface area (Å²) in [6, 6.07) is 0. The van der Waals surface area contributed by atoms with Gasteiger partial charge in [-0.1, -0.05) is 70.9 Å². The van der Waals surface area contributed by atoms with Crippen molar-refractivity contribution in [3.8, 4) is 0 Å². The second-order valence-corrected chi connectivity index (χ2v) is 12.0. The lowest BCUT2D eigenvalue weighted by Gasteiger charge is -2.60. The highest BCUT2D eigenvalue weighted by molar-refractivity contribution is 5.28. The van der Waals surface area contributed by atoms with Gasteiger partial charge in [-0.2, -0.15) is 0 Å². The van der Waals surface area contributed by atoms with Gasteiger partial charge < -0.3 is 0 Å². The highest BCUT2D eigenvalue weighted by atomic mass is 14.6. The number of hydrogen-bond donors (Lipinski definition) is 0. The van der Waals surface area contributed by atoms with E-state index in [1.165, 1.54) is 69.8 Å². The average Bonchev–Trinajstić information content (AvgIpc) is 3.05. The Balaban J connectivity index is 1.56. The van der Waals surface area contributed by atoms with Crippen molar-refractivity contribution >= 4 is 0 Å². The molecule has 4 rings (SSSR count). The van der Waals surface area contributed by atoms with Crippen LogP contribution in [0.5, 0.6) is 0 Å². The molecule has 0 aromatic heterocycles. The largest absolute Gasteiger partial charge is 0.0988 e. The maximum atomic E-state index is 4.02. The van der Waals surface area contributed by atoms with Gasteiger partial charge in [-0.25, -0.2) is 0 Å². The molecular weight excluding hydrogens is 348 g/mol. The van der Waals surface area contributed by atoms with E-state index in [1.807, 2.05) is 6.08 Å². The monoisotopic (exact) mass is 394 g/mol. The molecule has 0 nitrogen and oxygen atoms in total. The van der Waals surface area contributed by atoms with Crippen LogP contribution in [0.3, 0.4) is 0 Å². The second kappa shape index (κ2) is 8.05. The predicted molar refractivity (Wildman–Crippen MR) is 127 cm³/mol. The third-order valence-electron chi connectivity index (χ3n) is 10.6. The summed E-state index contributed by atoms with van der Waals surface area (Å²) in [5.41, 5.74) is 4.21. The quantitative estimate of drug-likeness (QED) is 0.418. The van der Waals surface area contributed by atoms with Gasteiger partial charge in [-0.05, 0) is 110 Å². The van der Waals surface area contributed by atoms with Gasteiger partial charge in [0.1, 0.15) is 0 Å². The highest BCUT2D eigenvalue weighted by Crippen LogP contribution is 2.68. The molecule has 0 radical (unpaired) electrons. The van der Waals surface area contributed by atoms with Crippen molar-refractivity contribution in [3.05, 3.63) is 36.0 Å². The van der Waals surface area contributed by atoms with Crippen molar-refractivity contribution in [2.75, 3.05) is 0 Å². The molecule has 0 N–H and O–H groups in total. The normalized spacial score (nSPS) is 45.5. The van der Waals surface area contributed by atoms with Crippen LogP contribution in [0.4, 0.5) is 0 Å². The molecule has 0 aromatic rings. The zero-order valence-electron chi connectivity index (χ0n) is 20.0. The van der Waals surface area contributed by atoms with Crippen LogP contribution in [0.15, 0.2) is 36.0 Å². The van der Waals surface area contributed by atoms with Gasteiger partial charge in [0.2, 0.25) is 0 Å². The lowest BCUT2D eigenvalue weighted by atomic mass is 9.44. The first kappa shape index (κ1) is 21.5. The molecule has 4 aliphatic carbocycles. The van der Waals surface area contributed by atoms with Crippen LogP contribution in [-0.2, 0) is 0 Å². The van der Waals surface area contributed by atoms with E-state index < -0.39 is 0 Å². The first-order chi connectivity index (χ1) is 13.8. The van der Waals surface area contributed by atoms with E-state index in [0.717, 1.165) is 29.6 Å².